The van der Waals surface area contributed by atoms with Crippen LogP contribution in [-0.4, -0.2) is 32.6 Å². The van der Waals surface area contributed by atoms with Gasteiger partial charge in [0.05, 0.1) is 5.41 Å². The van der Waals surface area contributed by atoms with Gasteiger partial charge in [-0.05, 0) is 74.0 Å². The van der Waals surface area contributed by atoms with Crippen molar-refractivity contribution in [2.75, 3.05) is 25.6 Å². The Morgan fingerprint density at radius 2 is 1.59 bits per heavy atom. The number of esters is 1. The van der Waals surface area contributed by atoms with Crippen molar-refractivity contribution in [1.29, 1.82) is 0 Å². The Balaban J connectivity index is 1.25. The van der Waals surface area contributed by atoms with Crippen LogP contribution in [0.2, 0.25) is 0 Å². The van der Waals surface area contributed by atoms with Gasteiger partial charge in [-0.2, -0.15) is 0 Å². The molecule has 1 aromatic carbocycles. The molecule has 146 valence electrons. The molecule has 0 spiro atoms. The van der Waals surface area contributed by atoms with Crippen LogP contribution in [0.3, 0.4) is 0 Å². The molecule has 1 amide bonds. The summed E-state index contributed by atoms with van der Waals surface area (Å²) >= 11 is 0. The van der Waals surface area contributed by atoms with E-state index in [1.165, 1.54) is 19.3 Å². The van der Waals surface area contributed by atoms with E-state index in [1.807, 2.05) is 43.3 Å². The van der Waals surface area contributed by atoms with Gasteiger partial charge in [0.1, 0.15) is 0 Å². The minimum Gasteiger partial charge on any atom is -0.455 e. The summed E-state index contributed by atoms with van der Waals surface area (Å²) in [4.78, 5) is 26.9. The van der Waals surface area contributed by atoms with Gasteiger partial charge in [-0.25, -0.2) is 0 Å². The van der Waals surface area contributed by atoms with E-state index < -0.39 is 0 Å². The van der Waals surface area contributed by atoms with Crippen molar-refractivity contribution >= 4 is 17.6 Å². The van der Waals surface area contributed by atoms with Crippen molar-refractivity contribution in [2.45, 2.75) is 45.1 Å². The highest BCUT2D eigenvalue weighted by molar-refractivity contribution is 5.83. The van der Waals surface area contributed by atoms with Gasteiger partial charge >= 0.3 is 5.97 Å². The third-order valence-corrected chi connectivity index (χ3v) is 6.75. The van der Waals surface area contributed by atoms with Crippen LogP contribution in [0.15, 0.2) is 24.3 Å². The SMILES string of the molecule is CN(C)c1ccc(CNC(=O)COC(=O)C23CC4CC(CC(C4)C2)C3)cc1. The molecule has 0 aromatic heterocycles. The van der Waals surface area contributed by atoms with Crippen LogP contribution in [0.4, 0.5) is 5.69 Å². The summed E-state index contributed by atoms with van der Waals surface area (Å²) in [6.45, 7) is 0.276. The van der Waals surface area contributed by atoms with E-state index in [2.05, 4.69) is 5.32 Å². The van der Waals surface area contributed by atoms with Crippen LogP contribution in [0.5, 0.6) is 0 Å². The molecule has 4 bridgehead atoms. The number of nitrogens with one attached hydrogen (secondary N) is 1. The van der Waals surface area contributed by atoms with Crippen molar-refractivity contribution in [2.24, 2.45) is 23.2 Å². The number of nitrogens with zero attached hydrogens (tertiary/aromatic N) is 1. The molecule has 0 atom stereocenters. The summed E-state index contributed by atoms with van der Waals surface area (Å²) in [5.74, 6) is 1.73. The Kier molecular flexibility index (Phi) is 4.87. The van der Waals surface area contributed by atoms with E-state index >= 15 is 0 Å². The van der Waals surface area contributed by atoms with E-state index in [0.717, 1.165) is 30.5 Å². The Hall–Kier alpha value is -2.04. The maximum atomic E-state index is 12.8. The topological polar surface area (TPSA) is 58.6 Å². The zero-order valence-corrected chi connectivity index (χ0v) is 16.4. The van der Waals surface area contributed by atoms with Crippen molar-refractivity contribution in [3.05, 3.63) is 29.8 Å². The summed E-state index contributed by atoms with van der Waals surface area (Å²) < 4.78 is 5.47. The maximum absolute atomic E-state index is 12.8. The van der Waals surface area contributed by atoms with Crippen molar-refractivity contribution in [3.63, 3.8) is 0 Å². The van der Waals surface area contributed by atoms with Crippen molar-refractivity contribution in [3.8, 4) is 0 Å². The van der Waals surface area contributed by atoms with Crippen LogP contribution in [-0.2, 0) is 20.9 Å². The summed E-state index contributed by atoms with van der Waals surface area (Å²) in [5.41, 5.74) is 1.85. The average Bonchev–Trinajstić information content (AvgIpc) is 2.63. The summed E-state index contributed by atoms with van der Waals surface area (Å²) in [6, 6.07) is 8.04. The summed E-state index contributed by atoms with van der Waals surface area (Å²) in [6.07, 6.45) is 6.78. The zero-order valence-electron chi connectivity index (χ0n) is 16.4. The number of anilines is 1. The Bertz CT molecular complexity index is 675. The molecule has 0 saturated heterocycles. The molecule has 0 heterocycles. The second kappa shape index (κ2) is 7.17. The molecule has 4 saturated carbocycles. The second-order valence-electron chi connectivity index (χ2n) is 9.11. The van der Waals surface area contributed by atoms with Gasteiger partial charge in [-0.15, -0.1) is 0 Å². The Morgan fingerprint density at radius 1 is 1.04 bits per heavy atom. The normalized spacial score (nSPS) is 30.8. The number of benzene rings is 1. The zero-order chi connectivity index (χ0) is 19.0. The van der Waals surface area contributed by atoms with Crippen LogP contribution < -0.4 is 10.2 Å². The minimum atomic E-state index is -0.295. The van der Waals surface area contributed by atoms with Gasteiger partial charge in [0.15, 0.2) is 6.61 Å². The van der Waals surface area contributed by atoms with E-state index in [1.54, 1.807) is 0 Å². The molecular formula is C22H30N2O3. The summed E-state index contributed by atoms with van der Waals surface area (Å²) in [7, 11) is 3.99. The molecule has 0 aliphatic heterocycles. The highest BCUT2D eigenvalue weighted by atomic mass is 16.5. The van der Waals surface area contributed by atoms with Gasteiger partial charge in [0, 0.05) is 26.3 Å². The van der Waals surface area contributed by atoms with E-state index in [4.69, 9.17) is 4.74 Å². The van der Waals surface area contributed by atoms with E-state index in [-0.39, 0.29) is 23.9 Å². The molecule has 5 nitrogen and oxygen atoms in total. The Morgan fingerprint density at radius 3 is 2.11 bits per heavy atom. The lowest BCUT2D eigenvalue weighted by atomic mass is 9.49. The van der Waals surface area contributed by atoms with E-state index in [0.29, 0.717) is 24.3 Å². The number of hydrogen-bond acceptors (Lipinski definition) is 4. The monoisotopic (exact) mass is 370 g/mol. The van der Waals surface area contributed by atoms with Crippen LogP contribution in [0, 0.1) is 23.2 Å². The molecule has 0 unspecified atom stereocenters. The average molecular weight is 370 g/mol. The fourth-order valence-electron chi connectivity index (χ4n) is 5.81. The first kappa shape index (κ1) is 18.3. The fourth-order valence-corrected chi connectivity index (χ4v) is 5.81. The number of carbonyl (C=O) groups excluding carboxylic acids is 2. The molecule has 1 N–H and O–H groups in total. The molecule has 4 aliphatic carbocycles. The summed E-state index contributed by atoms with van der Waals surface area (Å²) in [5, 5.41) is 2.85. The van der Waals surface area contributed by atoms with Crippen molar-refractivity contribution in [1.82, 2.24) is 5.32 Å². The smallest absolute Gasteiger partial charge is 0.312 e. The third kappa shape index (κ3) is 3.83. The predicted molar refractivity (Wildman–Crippen MR) is 104 cm³/mol. The molecule has 1 aromatic rings. The van der Waals surface area contributed by atoms with Gasteiger partial charge in [0.2, 0.25) is 0 Å². The molecule has 0 radical (unpaired) electrons. The quantitative estimate of drug-likeness (QED) is 0.782. The highest BCUT2D eigenvalue weighted by Gasteiger charge is 2.55. The fraction of sp³-hybridized carbons (Fsp3) is 0.636. The first-order valence-corrected chi connectivity index (χ1v) is 10.1. The van der Waals surface area contributed by atoms with Crippen LogP contribution in [0.1, 0.15) is 44.1 Å². The van der Waals surface area contributed by atoms with Gasteiger partial charge in [0.25, 0.3) is 5.91 Å². The molecule has 4 fully saturated rings. The maximum Gasteiger partial charge on any atom is 0.312 e. The number of carbonyl (C=O) groups is 2. The third-order valence-electron chi connectivity index (χ3n) is 6.75. The van der Waals surface area contributed by atoms with Crippen LogP contribution >= 0.6 is 0 Å². The number of amides is 1. The van der Waals surface area contributed by atoms with Crippen molar-refractivity contribution < 1.29 is 14.3 Å². The highest BCUT2D eigenvalue weighted by Crippen LogP contribution is 2.60. The molecule has 27 heavy (non-hydrogen) atoms. The van der Waals surface area contributed by atoms with Crippen LogP contribution in [0.25, 0.3) is 0 Å². The first-order chi connectivity index (χ1) is 12.9. The van der Waals surface area contributed by atoms with Gasteiger partial charge in [-0.1, -0.05) is 12.1 Å². The van der Waals surface area contributed by atoms with Gasteiger partial charge < -0.3 is 15.0 Å². The predicted octanol–water partition coefficient (Wildman–Crippen LogP) is 3.13. The lowest BCUT2D eigenvalue weighted by molar-refractivity contribution is -0.173. The standard InChI is InChI=1S/C22H30N2O3/c1-24(2)19-5-3-15(4-6-19)13-23-20(25)14-27-21(26)22-10-16-7-17(11-22)9-18(8-16)12-22/h3-6,16-18H,7-14H2,1-2H3,(H,23,25). The lowest BCUT2D eigenvalue weighted by Crippen LogP contribution is -2.51. The number of ether oxygens (including phenoxy) is 1. The van der Waals surface area contributed by atoms with Gasteiger partial charge in [-0.3, -0.25) is 9.59 Å². The molecule has 4 aliphatic rings. The Labute approximate surface area is 161 Å². The second-order valence-corrected chi connectivity index (χ2v) is 9.11. The number of hydrogen-bond donors (Lipinski definition) is 1. The molecular weight excluding hydrogens is 340 g/mol. The number of rotatable bonds is 6. The van der Waals surface area contributed by atoms with E-state index in [9.17, 15) is 9.59 Å². The first-order valence-electron chi connectivity index (χ1n) is 10.1. The lowest BCUT2D eigenvalue weighted by Gasteiger charge is -2.55. The molecule has 5 heteroatoms. The minimum absolute atomic E-state index is 0.132. The molecule has 5 rings (SSSR count). The largest absolute Gasteiger partial charge is 0.455 e.